The number of aliphatic hydroxyl groups excluding tert-OH is 1. The highest BCUT2D eigenvalue weighted by Crippen LogP contribution is 2.18. The lowest BCUT2D eigenvalue weighted by atomic mass is 10.1. The van der Waals surface area contributed by atoms with Gasteiger partial charge in [-0.05, 0) is 25.0 Å². The topological polar surface area (TPSA) is 84.6 Å². The van der Waals surface area contributed by atoms with Gasteiger partial charge in [-0.15, -0.1) is 0 Å². The summed E-state index contributed by atoms with van der Waals surface area (Å²) in [6.45, 7) is 2.33. The van der Waals surface area contributed by atoms with Crippen molar-refractivity contribution in [3.63, 3.8) is 0 Å². The molecule has 1 unspecified atom stereocenters. The number of carbonyl (C=O) groups excluding carboxylic acids is 1. The molecular weight excluding hydrogens is 232 g/mol. The van der Waals surface area contributed by atoms with Crippen LogP contribution in [0.2, 0.25) is 0 Å². The van der Waals surface area contributed by atoms with Crippen molar-refractivity contribution in [1.29, 1.82) is 0 Å². The van der Waals surface area contributed by atoms with Crippen molar-refractivity contribution in [3.8, 4) is 5.75 Å². The molecule has 0 aromatic heterocycles. The number of carbonyl (C=O) groups is 1. The van der Waals surface area contributed by atoms with E-state index < -0.39 is 0 Å². The number of hydrogen-bond donors (Lipinski definition) is 3. The Balaban J connectivity index is 2.58. The van der Waals surface area contributed by atoms with Gasteiger partial charge in [0.2, 0.25) is 0 Å². The quantitative estimate of drug-likeness (QED) is 0.663. The Bertz CT molecular complexity index is 407. The number of aliphatic hydroxyl groups is 1. The minimum absolute atomic E-state index is 0.219. The van der Waals surface area contributed by atoms with Gasteiger partial charge in [0.05, 0.1) is 13.2 Å². The van der Waals surface area contributed by atoms with E-state index in [1.54, 1.807) is 18.2 Å². The fourth-order valence-electron chi connectivity index (χ4n) is 1.53. The van der Waals surface area contributed by atoms with Gasteiger partial charge in [-0.25, -0.2) is 0 Å². The van der Waals surface area contributed by atoms with Gasteiger partial charge in [0.15, 0.2) is 0 Å². The predicted octanol–water partition coefficient (Wildman–Crippen LogP) is 1.17. The molecule has 0 bridgehead atoms. The summed E-state index contributed by atoms with van der Waals surface area (Å²) < 4.78 is 5.05. The largest absolute Gasteiger partial charge is 0.497 e. The van der Waals surface area contributed by atoms with Gasteiger partial charge in [0, 0.05) is 23.9 Å². The maximum atomic E-state index is 11.8. The van der Waals surface area contributed by atoms with Crippen molar-refractivity contribution in [2.45, 2.75) is 25.9 Å². The standard InChI is InChI=1S/C13H20N2O3/c1-3-11(16)4-5-15-13(17)9-6-10(14)8-12(7-9)18-2/h6-8,11,16H,3-5,14H2,1-2H3,(H,15,17). The number of benzene rings is 1. The molecule has 100 valence electrons. The molecule has 0 heterocycles. The van der Waals surface area contributed by atoms with Crippen LogP contribution in [0, 0.1) is 0 Å². The lowest BCUT2D eigenvalue weighted by molar-refractivity contribution is 0.0941. The van der Waals surface area contributed by atoms with E-state index >= 15 is 0 Å². The molecule has 1 amide bonds. The van der Waals surface area contributed by atoms with Crippen LogP contribution >= 0.6 is 0 Å². The Labute approximate surface area is 107 Å². The number of amides is 1. The highest BCUT2D eigenvalue weighted by Gasteiger charge is 2.08. The van der Waals surface area contributed by atoms with Crippen molar-refractivity contribution < 1.29 is 14.6 Å². The van der Waals surface area contributed by atoms with E-state index in [1.807, 2.05) is 6.92 Å². The highest BCUT2D eigenvalue weighted by molar-refractivity contribution is 5.95. The normalized spacial score (nSPS) is 11.9. The first-order chi connectivity index (χ1) is 8.56. The zero-order chi connectivity index (χ0) is 13.5. The monoisotopic (exact) mass is 252 g/mol. The summed E-state index contributed by atoms with van der Waals surface area (Å²) in [7, 11) is 1.52. The molecule has 1 atom stereocenters. The van der Waals surface area contributed by atoms with E-state index in [0.29, 0.717) is 36.4 Å². The Hall–Kier alpha value is -1.75. The lowest BCUT2D eigenvalue weighted by Gasteiger charge is -2.10. The summed E-state index contributed by atoms with van der Waals surface area (Å²) >= 11 is 0. The van der Waals surface area contributed by atoms with Gasteiger partial charge in [0.25, 0.3) is 5.91 Å². The van der Waals surface area contributed by atoms with Crippen molar-refractivity contribution in [2.75, 3.05) is 19.4 Å². The molecule has 0 aliphatic heterocycles. The molecule has 5 nitrogen and oxygen atoms in total. The Morgan fingerprint density at radius 2 is 2.22 bits per heavy atom. The van der Waals surface area contributed by atoms with Crippen LogP contribution in [0.1, 0.15) is 30.1 Å². The molecule has 0 saturated heterocycles. The second-order valence-corrected chi connectivity index (χ2v) is 4.10. The SMILES string of the molecule is CCC(O)CCNC(=O)c1cc(N)cc(OC)c1. The van der Waals surface area contributed by atoms with E-state index in [4.69, 9.17) is 10.5 Å². The summed E-state index contributed by atoms with van der Waals surface area (Å²) in [6.07, 6.45) is 0.851. The second kappa shape index (κ2) is 6.86. The number of nitrogens with two attached hydrogens (primary N) is 1. The molecule has 0 radical (unpaired) electrons. The van der Waals surface area contributed by atoms with Crippen molar-refractivity contribution in [3.05, 3.63) is 23.8 Å². The Morgan fingerprint density at radius 1 is 1.50 bits per heavy atom. The van der Waals surface area contributed by atoms with E-state index in [-0.39, 0.29) is 12.0 Å². The first-order valence-electron chi connectivity index (χ1n) is 5.97. The maximum absolute atomic E-state index is 11.8. The van der Waals surface area contributed by atoms with Crippen LogP contribution in [0.3, 0.4) is 0 Å². The molecule has 5 heteroatoms. The third kappa shape index (κ3) is 4.25. The molecule has 0 aliphatic carbocycles. The molecular formula is C13H20N2O3. The molecule has 1 aromatic rings. The van der Waals surface area contributed by atoms with Gasteiger partial charge in [-0.1, -0.05) is 6.92 Å². The Morgan fingerprint density at radius 3 is 2.83 bits per heavy atom. The van der Waals surface area contributed by atoms with Crippen molar-refractivity contribution >= 4 is 11.6 Å². The summed E-state index contributed by atoms with van der Waals surface area (Å²) in [6, 6.07) is 4.87. The third-order valence-electron chi connectivity index (χ3n) is 2.66. The molecule has 18 heavy (non-hydrogen) atoms. The summed E-state index contributed by atoms with van der Waals surface area (Å²) in [5, 5.41) is 12.1. The predicted molar refractivity (Wildman–Crippen MR) is 70.7 cm³/mol. The molecule has 1 rings (SSSR count). The van der Waals surface area contributed by atoms with Crippen LogP contribution < -0.4 is 15.8 Å². The minimum Gasteiger partial charge on any atom is -0.497 e. The average Bonchev–Trinajstić information content (AvgIpc) is 2.37. The van der Waals surface area contributed by atoms with Crippen LogP contribution in [0.15, 0.2) is 18.2 Å². The van der Waals surface area contributed by atoms with Crippen LogP contribution in [0.25, 0.3) is 0 Å². The number of rotatable bonds is 6. The third-order valence-corrected chi connectivity index (χ3v) is 2.66. The van der Waals surface area contributed by atoms with Gasteiger partial charge < -0.3 is 20.9 Å². The first-order valence-corrected chi connectivity index (χ1v) is 5.97. The average molecular weight is 252 g/mol. The molecule has 0 fully saturated rings. The van der Waals surface area contributed by atoms with E-state index in [1.165, 1.54) is 7.11 Å². The summed E-state index contributed by atoms with van der Waals surface area (Å²) in [5.41, 5.74) is 6.61. The number of nitrogens with one attached hydrogen (secondary N) is 1. The zero-order valence-electron chi connectivity index (χ0n) is 10.8. The fraction of sp³-hybridized carbons (Fsp3) is 0.462. The minimum atomic E-state index is -0.374. The maximum Gasteiger partial charge on any atom is 0.251 e. The van der Waals surface area contributed by atoms with Gasteiger partial charge in [0.1, 0.15) is 5.75 Å². The highest BCUT2D eigenvalue weighted by atomic mass is 16.5. The van der Waals surface area contributed by atoms with Gasteiger partial charge >= 0.3 is 0 Å². The number of nitrogen functional groups attached to an aromatic ring is 1. The molecule has 0 spiro atoms. The molecule has 4 N–H and O–H groups in total. The fourth-order valence-corrected chi connectivity index (χ4v) is 1.53. The first kappa shape index (κ1) is 14.3. The number of anilines is 1. The smallest absolute Gasteiger partial charge is 0.251 e. The molecule has 1 aromatic carbocycles. The Kier molecular flexibility index (Phi) is 5.45. The van der Waals surface area contributed by atoms with Crippen LogP contribution in [-0.2, 0) is 0 Å². The van der Waals surface area contributed by atoms with Crippen LogP contribution in [0.4, 0.5) is 5.69 Å². The molecule has 0 aliphatic rings. The van der Waals surface area contributed by atoms with Crippen LogP contribution in [-0.4, -0.2) is 30.8 Å². The van der Waals surface area contributed by atoms with Crippen molar-refractivity contribution in [2.24, 2.45) is 0 Å². The van der Waals surface area contributed by atoms with Gasteiger partial charge in [-0.2, -0.15) is 0 Å². The second-order valence-electron chi connectivity index (χ2n) is 4.10. The van der Waals surface area contributed by atoms with Crippen LogP contribution in [0.5, 0.6) is 5.75 Å². The van der Waals surface area contributed by atoms with E-state index in [2.05, 4.69) is 5.32 Å². The molecule has 0 saturated carbocycles. The van der Waals surface area contributed by atoms with Gasteiger partial charge in [-0.3, -0.25) is 4.79 Å². The summed E-state index contributed by atoms with van der Waals surface area (Å²) in [5.74, 6) is 0.331. The number of methoxy groups -OCH3 is 1. The zero-order valence-corrected chi connectivity index (χ0v) is 10.8. The number of ether oxygens (including phenoxy) is 1. The summed E-state index contributed by atoms with van der Waals surface area (Å²) in [4.78, 5) is 11.8. The van der Waals surface area contributed by atoms with E-state index in [9.17, 15) is 9.90 Å². The van der Waals surface area contributed by atoms with E-state index in [0.717, 1.165) is 0 Å². The number of hydrogen-bond acceptors (Lipinski definition) is 4. The lowest BCUT2D eigenvalue weighted by Crippen LogP contribution is -2.27. The van der Waals surface area contributed by atoms with Crippen molar-refractivity contribution in [1.82, 2.24) is 5.32 Å².